The molecule has 0 saturated heterocycles. The molecule has 1 heterocycles. The van der Waals surface area contributed by atoms with Gasteiger partial charge in [-0.15, -0.1) is 0 Å². The first-order valence-electron chi connectivity index (χ1n) is 6.29. The minimum Gasteiger partial charge on any atom is -0.386 e. The zero-order chi connectivity index (χ0) is 14.5. The quantitative estimate of drug-likeness (QED) is 0.884. The summed E-state index contributed by atoms with van der Waals surface area (Å²) in [5.74, 6) is 0. The van der Waals surface area contributed by atoms with Crippen LogP contribution in [0.25, 0.3) is 0 Å². The van der Waals surface area contributed by atoms with E-state index in [9.17, 15) is 8.42 Å². The normalized spacial score (nSPS) is 21.1. The summed E-state index contributed by atoms with van der Waals surface area (Å²) in [4.78, 5) is 3.98. The van der Waals surface area contributed by atoms with Crippen LogP contribution in [0.15, 0.2) is 23.4 Å². The number of anilines is 1. The Morgan fingerprint density at radius 3 is 2.26 bits per heavy atom. The number of nitrogens with one attached hydrogen (secondary N) is 2. The van der Waals surface area contributed by atoms with E-state index in [0.29, 0.717) is 5.69 Å². The summed E-state index contributed by atoms with van der Waals surface area (Å²) in [6, 6.07) is 3.33. The maximum atomic E-state index is 12.4. The van der Waals surface area contributed by atoms with Gasteiger partial charge in [0.2, 0.25) is 0 Å². The number of sulfonamides is 1. The van der Waals surface area contributed by atoms with Crippen LogP contribution in [0.2, 0.25) is 0 Å². The van der Waals surface area contributed by atoms with Crippen LogP contribution in [0.3, 0.4) is 0 Å². The summed E-state index contributed by atoms with van der Waals surface area (Å²) in [5.41, 5.74) is 0.412. The fourth-order valence-electron chi connectivity index (χ4n) is 2.50. The van der Waals surface area contributed by atoms with E-state index >= 15 is 0 Å². The topological polar surface area (TPSA) is 71.1 Å². The molecular formula is C13H21N3O2S. The number of hydrogen-bond donors (Lipinski definition) is 2. The Hall–Kier alpha value is -1.14. The molecule has 6 heteroatoms. The highest BCUT2D eigenvalue weighted by molar-refractivity contribution is 7.89. The van der Waals surface area contributed by atoms with Gasteiger partial charge in [0, 0.05) is 19.3 Å². The molecule has 1 aliphatic carbocycles. The van der Waals surface area contributed by atoms with Crippen molar-refractivity contribution in [1.29, 1.82) is 0 Å². The van der Waals surface area contributed by atoms with Crippen molar-refractivity contribution in [2.45, 2.75) is 38.8 Å². The third-order valence-corrected chi connectivity index (χ3v) is 5.97. The lowest BCUT2D eigenvalue weighted by molar-refractivity contribution is 0.457. The van der Waals surface area contributed by atoms with E-state index in [-0.39, 0.29) is 21.9 Å². The second-order valence-corrected chi connectivity index (χ2v) is 7.73. The van der Waals surface area contributed by atoms with E-state index in [1.807, 2.05) is 0 Å². The molecule has 106 valence electrons. The molecular weight excluding hydrogens is 262 g/mol. The van der Waals surface area contributed by atoms with E-state index in [4.69, 9.17) is 0 Å². The maximum absolute atomic E-state index is 12.4. The van der Waals surface area contributed by atoms with Gasteiger partial charge in [0.05, 0.1) is 5.69 Å². The molecule has 0 unspecified atom stereocenters. The van der Waals surface area contributed by atoms with Crippen LogP contribution >= 0.6 is 0 Å². The molecule has 1 fully saturated rings. The van der Waals surface area contributed by atoms with Gasteiger partial charge in [-0.2, -0.15) is 0 Å². The second kappa shape index (κ2) is 4.18. The van der Waals surface area contributed by atoms with Crippen LogP contribution in [-0.4, -0.2) is 26.5 Å². The molecule has 2 rings (SSSR count). The van der Waals surface area contributed by atoms with Crippen LogP contribution in [-0.2, 0) is 10.0 Å². The second-order valence-electron chi connectivity index (χ2n) is 6.10. The van der Waals surface area contributed by atoms with Crippen molar-refractivity contribution in [3.8, 4) is 0 Å². The predicted molar refractivity (Wildman–Crippen MR) is 75.5 cm³/mol. The van der Waals surface area contributed by atoms with Crippen LogP contribution in [0.5, 0.6) is 0 Å². The standard InChI is InChI=1S/C13H21N3O2S/c1-12(2)11(13(12,3)4)16-19(17,18)10-9(14-5)7-6-8-15-10/h6-8,11,14,16H,1-5H3. The summed E-state index contributed by atoms with van der Waals surface area (Å²) in [6.45, 7) is 8.27. The Morgan fingerprint density at radius 1 is 1.21 bits per heavy atom. The summed E-state index contributed by atoms with van der Waals surface area (Å²) in [5, 5.41) is 2.91. The monoisotopic (exact) mass is 283 g/mol. The number of nitrogens with zero attached hydrogens (tertiary/aromatic N) is 1. The zero-order valence-corrected chi connectivity index (χ0v) is 12.8. The Morgan fingerprint density at radius 2 is 1.79 bits per heavy atom. The summed E-state index contributed by atoms with van der Waals surface area (Å²) in [7, 11) is -1.92. The summed E-state index contributed by atoms with van der Waals surface area (Å²) < 4.78 is 27.6. The van der Waals surface area contributed by atoms with Gasteiger partial charge in [-0.3, -0.25) is 0 Å². The Bertz CT molecular complexity index is 580. The van der Waals surface area contributed by atoms with Crippen molar-refractivity contribution < 1.29 is 8.42 Å². The highest BCUT2D eigenvalue weighted by Crippen LogP contribution is 2.62. The fraction of sp³-hybridized carbons (Fsp3) is 0.615. The van der Waals surface area contributed by atoms with Gasteiger partial charge in [0.15, 0.2) is 5.03 Å². The van der Waals surface area contributed by atoms with Gasteiger partial charge in [0.25, 0.3) is 10.0 Å². The van der Waals surface area contributed by atoms with E-state index < -0.39 is 10.0 Å². The van der Waals surface area contributed by atoms with Crippen molar-refractivity contribution >= 4 is 15.7 Å². The molecule has 0 amide bonds. The third kappa shape index (κ3) is 2.12. The van der Waals surface area contributed by atoms with Gasteiger partial charge in [-0.05, 0) is 23.0 Å². The van der Waals surface area contributed by atoms with Gasteiger partial charge < -0.3 is 5.32 Å². The molecule has 0 spiro atoms. The molecule has 0 radical (unpaired) electrons. The molecule has 1 aromatic heterocycles. The first-order valence-corrected chi connectivity index (χ1v) is 7.78. The summed E-state index contributed by atoms with van der Waals surface area (Å²) in [6.07, 6.45) is 1.48. The minimum absolute atomic E-state index is 0.0470. The first kappa shape index (κ1) is 14.3. The molecule has 0 aliphatic heterocycles. The number of hydrogen-bond acceptors (Lipinski definition) is 4. The van der Waals surface area contributed by atoms with Crippen molar-refractivity contribution in [1.82, 2.24) is 9.71 Å². The van der Waals surface area contributed by atoms with Crippen LogP contribution in [0.1, 0.15) is 27.7 Å². The minimum atomic E-state index is -3.61. The summed E-state index contributed by atoms with van der Waals surface area (Å²) >= 11 is 0. The lowest BCUT2D eigenvalue weighted by atomic mass is 10.0. The molecule has 1 aromatic rings. The van der Waals surface area contributed by atoms with E-state index in [1.54, 1.807) is 19.2 Å². The van der Waals surface area contributed by atoms with Gasteiger partial charge in [0.1, 0.15) is 0 Å². The molecule has 5 nitrogen and oxygen atoms in total. The van der Waals surface area contributed by atoms with Crippen molar-refractivity contribution in [3.63, 3.8) is 0 Å². The average molecular weight is 283 g/mol. The lowest BCUT2D eigenvalue weighted by Crippen LogP contribution is -2.31. The predicted octanol–water partition coefficient (Wildman–Crippen LogP) is 1.84. The SMILES string of the molecule is CNc1cccnc1S(=O)(=O)NC1C(C)(C)C1(C)C. The van der Waals surface area contributed by atoms with E-state index in [1.165, 1.54) is 6.20 Å². The van der Waals surface area contributed by atoms with E-state index in [2.05, 4.69) is 42.7 Å². The van der Waals surface area contributed by atoms with Crippen LogP contribution in [0.4, 0.5) is 5.69 Å². The number of pyridine rings is 1. The van der Waals surface area contributed by atoms with Crippen molar-refractivity contribution in [3.05, 3.63) is 18.3 Å². The number of rotatable bonds is 4. The molecule has 1 saturated carbocycles. The van der Waals surface area contributed by atoms with Crippen molar-refractivity contribution in [2.75, 3.05) is 12.4 Å². The average Bonchev–Trinajstić information content (AvgIpc) is 2.71. The Kier molecular flexibility index (Phi) is 3.14. The lowest BCUT2D eigenvalue weighted by Gasteiger charge is -2.11. The van der Waals surface area contributed by atoms with Crippen LogP contribution in [0, 0.1) is 10.8 Å². The zero-order valence-electron chi connectivity index (χ0n) is 12.0. The highest BCUT2D eigenvalue weighted by Gasteiger charge is 2.66. The Labute approximate surface area is 114 Å². The van der Waals surface area contributed by atoms with Gasteiger partial charge in [-0.1, -0.05) is 27.7 Å². The van der Waals surface area contributed by atoms with Gasteiger partial charge >= 0.3 is 0 Å². The largest absolute Gasteiger partial charge is 0.386 e. The van der Waals surface area contributed by atoms with Gasteiger partial charge in [-0.25, -0.2) is 18.1 Å². The number of aromatic nitrogens is 1. The molecule has 19 heavy (non-hydrogen) atoms. The van der Waals surface area contributed by atoms with Crippen molar-refractivity contribution in [2.24, 2.45) is 10.8 Å². The molecule has 0 atom stereocenters. The first-order chi connectivity index (χ1) is 8.64. The van der Waals surface area contributed by atoms with Crippen LogP contribution < -0.4 is 10.0 Å². The maximum Gasteiger partial charge on any atom is 0.260 e. The fourth-order valence-corrected chi connectivity index (χ4v) is 4.17. The highest BCUT2D eigenvalue weighted by atomic mass is 32.2. The van der Waals surface area contributed by atoms with E-state index in [0.717, 1.165) is 0 Å². The smallest absolute Gasteiger partial charge is 0.260 e. The molecule has 1 aliphatic rings. The molecule has 0 aromatic carbocycles. The molecule has 2 N–H and O–H groups in total. The Balaban J connectivity index is 2.31. The molecule has 0 bridgehead atoms. The third-order valence-electron chi connectivity index (χ3n) is 4.59.